The van der Waals surface area contributed by atoms with Gasteiger partial charge in [0.25, 0.3) is 6.29 Å². The minimum absolute atomic E-state index is 0.0215. The third-order valence-corrected chi connectivity index (χ3v) is 5.78. The third-order valence-electron chi connectivity index (χ3n) is 5.01. The van der Waals surface area contributed by atoms with E-state index in [9.17, 15) is 19.5 Å². The van der Waals surface area contributed by atoms with Gasteiger partial charge < -0.3 is 29.7 Å². The molecule has 0 fully saturated rings. The van der Waals surface area contributed by atoms with Gasteiger partial charge in [-0.25, -0.2) is 9.78 Å². The molecule has 4 rings (SSSR count). The van der Waals surface area contributed by atoms with Crippen LogP contribution in [-0.2, 0) is 32.4 Å². The smallest absolute Gasteiger partial charge is 0.360 e. The lowest BCUT2D eigenvalue weighted by Gasteiger charge is -2.17. The summed E-state index contributed by atoms with van der Waals surface area (Å²) in [6.45, 7) is 0.288. The van der Waals surface area contributed by atoms with Crippen LogP contribution in [0.2, 0.25) is 0 Å². The number of aromatic nitrogens is 2. The molecule has 2 aromatic carbocycles. The molecule has 0 saturated heterocycles. The average Bonchev–Trinajstić information content (AvgIpc) is 3.39. The van der Waals surface area contributed by atoms with Gasteiger partial charge in [0.1, 0.15) is 12.3 Å². The van der Waals surface area contributed by atoms with Crippen molar-refractivity contribution in [1.29, 1.82) is 0 Å². The van der Waals surface area contributed by atoms with Crippen molar-refractivity contribution in [2.75, 3.05) is 5.32 Å². The number of anilines is 1. The van der Waals surface area contributed by atoms with E-state index in [0.717, 1.165) is 22.5 Å². The summed E-state index contributed by atoms with van der Waals surface area (Å²) in [7, 11) is 0. The number of rotatable bonds is 13. The molecule has 0 aliphatic rings. The SMILES string of the molecule is O=CNc1nc(C(=NOC(OCc2ccccc2)c2cc(=O)c(OCc3ccccc3)c[nH]2)C(=O)O)cs1. The molecule has 194 valence electrons. The standard InChI is InChI=1S/C26H22N4O7S/c31-16-28-26-29-20(15-38-26)23(24(33)34)30-37-25(36-14-18-9-5-2-6-10-18)19-11-21(32)22(12-27-19)35-13-17-7-3-1-4-8-17/h1-12,15-16,25H,13-14H2,(H,27,32)(H,33,34)(H,28,29,31). The molecule has 0 aliphatic carbocycles. The molecular weight excluding hydrogens is 512 g/mol. The van der Waals surface area contributed by atoms with Crippen molar-refractivity contribution in [2.24, 2.45) is 5.16 Å². The van der Waals surface area contributed by atoms with Crippen LogP contribution in [0, 0.1) is 0 Å². The Hall–Kier alpha value is -4.81. The van der Waals surface area contributed by atoms with Crippen LogP contribution in [0.4, 0.5) is 5.13 Å². The Kier molecular flexibility index (Phi) is 8.94. The summed E-state index contributed by atoms with van der Waals surface area (Å²) in [5.74, 6) is -1.32. The Morgan fingerprint density at radius 2 is 1.79 bits per heavy atom. The van der Waals surface area contributed by atoms with Crippen LogP contribution in [0.1, 0.15) is 28.8 Å². The second-order valence-electron chi connectivity index (χ2n) is 7.67. The zero-order chi connectivity index (χ0) is 26.7. The van der Waals surface area contributed by atoms with Crippen LogP contribution in [0.25, 0.3) is 0 Å². The number of pyridine rings is 1. The Morgan fingerprint density at radius 1 is 1.11 bits per heavy atom. The zero-order valence-corrected chi connectivity index (χ0v) is 20.6. The molecule has 1 unspecified atom stereocenters. The van der Waals surface area contributed by atoms with Crippen molar-refractivity contribution in [3.8, 4) is 5.75 Å². The molecular formula is C26H22N4O7S. The molecule has 2 heterocycles. The summed E-state index contributed by atoms with van der Waals surface area (Å²) < 4.78 is 11.5. The Morgan fingerprint density at radius 3 is 2.42 bits per heavy atom. The molecule has 12 heteroatoms. The summed E-state index contributed by atoms with van der Waals surface area (Å²) >= 11 is 1.02. The maximum absolute atomic E-state index is 12.7. The maximum atomic E-state index is 12.7. The molecule has 1 atom stereocenters. The van der Waals surface area contributed by atoms with Crippen LogP contribution in [0.5, 0.6) is 5.75 Å². The van der Waals surface area contributed by atoms with E-state index in [4.69, 9.17) is 14.3 Å². The van der Waals surface area contributed by atoms with Gasteiger partial charge in [-0.2, -0.15) is 0 Å². The fourth-order valence-electron chi connectivity index (χ4n) is 3.18. The predicted molar refractivity (Wildman–Crippen MR) is 139 cm³/mol. The molecule has 0 aliphatic heterocycles. The van der Waals surface area contributed by atoms with E-state index < -0.39 is 23.4 Å². The van der Waals surface area contributed by atoms with Crippen LogP contribution in [-0.4, -0.2) is 33.2 Å². The van der Waals surface area contributed by atoms with Crippen molar-refractivity contribution in [3.63, 3.8) is 0 Å². The van der Waals surface area contributed by atoms with Crippen molar-refractivity contribution in [3.05, 3.63) is 111 Å². The first-order chi connectivity index (χ1) is 18.5. The molecule has 38 heavy (non-hydrogen) atoms. The van der Waals surface area contributed by atoms with Crippen LogP contribution in [0.3, 0.4) is 0 Å². The number of carbonyl (C=O) groups excluding carboxylic acids is 1. The lowest BCUT2D eigenvalue weighted by molar-refractivity contribution is -0.157. The van der Waals surface area contributed by atoms with Gasteiger partial charge in [0.15, 0.2) is 10.9 Å². The van der Waals surface area contributed by atoms with Crippen LogP contribution >= 0.6 is 11.3 Å². The maximum Gasteiger partial charge on any atom is 0.360 e. The number of H-pyrrole nitrogens is 1. The minimum Gasteiger partial charge on any atom is -0.483 e. The molecule has 0 spiro atoms. The van der Waals surface area contributed by atoms with E-state index in [0.29, 0.717) is 6.41 Å². The van der Waals surface area contributed by atoms with Crippen LogP contribution < -0.4 is 15.5 Å². The summed E-state index contributed by atoms with van der Waals surface area (Å²) in [5, 5.41) is 17.3. The Labute approximate surface area is 220 Å². The molecule has 4 aromatic rings. The lowest BCUT2D eigenvalue weighted by Crippen LogP contribution is -2.18. The number of aliphatic carboxylic acids is 1. The number of oxime groups is 1. The number of nitrogens with one attached hydrogen (secondary N) is 2. The van der Waals surface area contributed by atoms with E-state index in [2.05, 4.69) is 20.4 Å². The average molecular weight is 535 g/mol. The highest BCUT2D eigenvalue weighted by Gasteiger charge is 2.22. The largest absolute Gasteiger partial charge is 0.483 e. The number of hydrogen-bond acceptors (Lipinski definition) is 9. The molecule has 3 N–H and O–H groups in total. The quantitative estimate of drug-likeness (QED) is 0.102. The first-order valence-corrected chi connectivity index (χ1v) is 12.1. The molecule has 0 saturated carbocycles. The third kappa shape index (κ3) is 7.12. The molecule has 11 nitrogen and oxygen atoms in total. The number of carbonyl (C=O) groups is 2. The number of thiazole rings is 1. The van der Waals surface area contributed by atoms with E-state index in [-0.39, 0.29) is 35.5 Å². The molecule has 0 radical (unpaired) electrons. The number of ether oxygens (including phenoxy) is 2. The van der Waals surface area contributed by atoms with Gasteiger partial charge in [-0.05, 0) is 11.1 Å². The predicted octanol–water partition coefficient (Wildman–Crippen LogP) is 3.70. The van der Waals surface area contributed by atoms with Gasteiger partial charge in [0, 0.05) is 17.6 Å². The monoisotopic (exact) mass is 534 g/mol. The summed E-state index contributed by atoms with van der Waals surface area (Å²) in [6.07, 6.45) is 0.530. The second-order valence-corrected chi connectivity index (χ2v) is 8.53. The van der Waals surface area contributed by atoms with E-state index in [1.54, 1.807) is 0 Å². The number of aromatic amines is 1. The molecule has 1 amide bonds. The van der Waals surface area contributed by atoms with Crippen molar-refractivity contribution < 1.29 is 29.0 Å². The van der Waals surface area contributed by atoms with Gasteiger partial charge >= 0.3 is 5.97 Å². The Bertz CT molecular complexity index is 1460. The van der Waals surface area contributed by atoms with Gasteiger partial charge in [0.2, 0.25) is 17.6 Å². The summed E-state index contributed by atoms with van der Waals surface area (Å²) in [6, 6.07) is 19.8. The van der Waals surface area contributed by atoms with Gasteiger partial charge in [-0.15, -0.1) is 11.3 Å². The van der Waals surface area contributed by atoms with Crippen molar-refractivity contribution >= 4 is 34.6 Å². The molecule has 2 aromatic heterocycles. The number of benzene rings is 2. The fraction of sp³-hybridized carbons (Fsp3) is 0.115. The van der Waals surface area contributed by atoms with Crippen molar-refractivity contribution in [1.82, 2.24) is 9.97 Å². The highest BCUT2D eigenvalue weighted by molar-refractivity contribution is 7.14. The lowest BCUT2D eigenvalue weighted by atomic mass is 10.2. The highest BCUT2D eigenvalue weighted by Crippen LogP contribution is 2.21. The Balaban J connectivity index is 1.56. The van der Waals surface area contributed by atoms with Gasteiger partial charge in [-0.3, -0.25) is 9.59 Å². The zero-order valence-electron chi connectivity index (χ0n) is 19.8. The van der Waals surface area contributed by atoms with Gasteiger partial charge in [0.05, 0.1) is 12.3 Å². The van der Waals surface area contributed by atoms with E-state index >= 15 is 0 Å². The fourth-order valence-corrected chi connectivity index (χ4v) is 3.83. The normalized spacial score (nSPS) is 11.9. The number of nitrogens with zero attached hydrogens (tertiary/aromatic N) is 2. The van der Waals surface area contributed by atoms with Crippen molar-refractivity contribution in [2.45, 2.75) is 19.5 Å². The second kappa shape index (κ2) is 12.9. The van der Waals surface area contributed by atoms with Gasteiger partial charge in [-0.1, -0.05) is 65.8 Å². The number of amides is 1. The topological polar surface area (TPSA) is 152 Å². The first kappa shape index (κ1) is 26.3. The number of hydrogen-bond donors (Lipinski definition) is 3. The van der Waals surface area contributed by atoms with E-state index in [1.807, 2.05) is 60.7 Å². The van der Waals surface area contributed by atoms with Crippen LogP contribution in [0.15, 0.2) is 88.3 Å². The minimum atomic E-state index is -1.41. The first-order valence-electron chi connectivity index (χ1n) is 11.2. The summed E-state index contributed by atoms with van der Waals surface area (Å²) in [5.41, 5.74) is 0.932. The summed E-state index contributed by atoms with van der Waals surface area (Å²) in [4.78, 5) is 47.6. The molecule has 0 bridgehead atoms. The number of carboxylic acids is 1. The highest BCUT2D eigenvalue weighted by atomic mass is 32.1. The van der Waals surface area contributed by atoms with E-state index in [1.165, 1.54) is 17.6 Å². The number of carboxylic acid groups (broad SMARTS) is 1.